The van der Waals surface area contributed by atoms with Gasteiger partial charge in [0, 0.05) is 12.1 Å². The third kappa shape index (κ3) is 1.51. The fourth-order valence-electron chi connectivity index (χ4n) is 1.57. The summed E-state index contributed by atoms with van der Waals surface area (Å²) in [5, 5.41) is 0. The van der Waals surface area contributed by atoms with Crippen molar-refractivity contribution in [1.82, 2.24) is 0 Å². The molecule has 0 bridgehead atoms. The highest BCUT2D eigenvalue weighted by Gasteiger charge is 2.23. The normalized spacial score (nSPS) is 12.2. The molecule has 1 aliphatic rings. The van der Waals surface area contributed by atoms with Gasteiger partial charge < -0.3 is 9.47 Å². The summed E-state index contributed by atoms with van der Waals surface area (Å²) in [7, 11) is 0. The van der Waals surface area contributed by atoms with Gasteiger partial charge in [-0.3, -0.25) is 0 Å². The van der Waals surface area contributed by atoms with Gasteiger partial charge in [0.05, 0.1) is 0 Å². The van der Waals surface area contributed by atoms with Crippen molar-refractivity contribution in [3.63, 3.8) is 0 Å². The summed E-state index contributed by atoms with van der Waals surface area (Å²) in [5.41, 5.74) is 0. The van der Waals surface area contributed by atoms with Crippen LogP contribution in [0.1, 0.15) is 0 Å². The van der Waals surface area contributed by atoms with Crippen molar-refractivity contribution in [1.29, 1.82) is 0 Å². The maximum atomic E-state index is 13.4. The Bertz CT molecular complexity index is 611. The monoisotopic (exact) mass is 238 g/mol. The number of para-hydroxylation sites is 1. The lowest BCUT2D eigenvalue weighted by Crippen LogP contribution is -2.02. The first kappa shape index (κ1) is 10.0. The molecule has 0 fully saturated rings. The van der Waals surface area contributed by atoms with Crippen molar-refractivity contribution in [3.05, 3.63) is 47.8 Å². The van der Waals surface area contributed by atoms with Gasteiger partial charge in [0.2, 0.25) is 5.75 Å². The van der Waals surface area contributed by atoms with Gasteiger partial charge in [0.25, 0.3) is 0 Å². The summed E-state index contributed by atoms with van der Waals surface area (Å²) >= 11 is 0. The van der Waals surface area contributed by atoms with Gasteiger partial charge in [0.1, 0.15) is 0 Å². The molecule has 1 aliphatic heterocycles. The minimum atomic E-state index is -1.08. The van der Waals surface area contributed by atoms with E-state index >= 15 is 0 Å². The summed E-state index contributed by atoms with van der Waals surface area (Å²) < 4.78 is 49.7. The fourth-order valence-corrected chi connectivity index (χ4v) is 1.57. The molecule has 17 heavy (non-hydrogen) atoms. The van der Waals surface area contributed by atoms with Crippen LogP contribution in [0, 0.1) is 17.5 Å². The zero-order valence-electron chi connectivity index (χ0n) is 8.34. The first-order valence-electron chi connectivity index (χ1n) is 4.78. The van der Waals surface area contributed by atoms with E-state index in [4.69, 9.17) is 9.47 Å². The van der Waals surface area contributed by atoms with E-state index in [1.165, 1.54) is 18.2 Å². The van der Waals surface area contributed by atoms with Crippen LogP contribution >= 0.6 is 0 Å². The number of hydrogen-bond donors (Lipinski definition) is 0. The number of rotatable bonds is 0. The molecule has 86 valence electrons. The van der Waals surface area contributed by atoms with Crippen molar-refractivity contribution in [2.24, 2.45) is 0 Å². The molecule has 0 spiro atoms. The fraction of sp³-hybridized carbons (Fsp3) is 0. The molecule has 3 rings (SSSR count). The lowest BCUT2D eigenvalue weighted by Gasteiger charge is -2.20. The van der Waals surface area contributed by atoms with Crippen LogP contribution in [-0.2, 0) is 0 Å². The Kier molecular flexibility index (Phi) is 2.01. The van der Waals surface area contributed by atoms with Crippen LogP contribution in [-0.4, -0.2) is 0 Å². The van der Waals surface area contributed by atoms with Crippen molar-refractivity contribution in [2.75, 3.05) is 0 Å². The predicted octanol–water partition coefficient (Wildman–Crippen LogP) is 4.00. The third-order valence-electron chi connectivity index (χ3n) is 2.35. The van der Waals surface area contributed by atoms with E-state index < -0.39 is 17.5 Å². The highest BCUT2D eigenvalue weighted by atomic mass is 19.2. The topological polar surface area (TPSA) is 18.5 Å². The molecule has 0 atom stereocenters. The zero-order valence-corrected chi connectivity index (χ0v) is 8.34. The van der Waals surface area contributed by atoms with Crippen LogP contribution in [0.15, 0.2) is 30.3 Å². The lowest BCUT2D eigenvalue weighted by molar-refractivity contribution is 0.335. The Balaban J connectivity index is 2.14. The van der Waals surface area contributed by atoms with Crippen LogP contribution in [0.3, 0.4) is 0 Å². The van der Waals surface area contributed by atoms with E-state index in [2.05, 4.69) is 0 Å². The van der Waals surface area contributed by atoms with Crippen LogP contribution in [0.5, 0.6) is 23.0 Å². The second-order valence-electron chi connectivity index (χ2n) is 3.48. The van der Waals surface area contributed by atoms with Crippen molar-refractivity contribution in [2.45, 2.75) is 0 Å². The number of fused-ring (bicyclic) bond motifs is 2. The van der Waals surface area contributed by atoms with Crippen LogP contribution in [0.25, 0.3) is 0 Å². The molecule has 0 aromatic heterocycles. The molecule has 0 amide bonds. The molecule has 2 nitrogen and oxygen atoms in total. The second-order valence-corrected chi connectivity index (χ2v) is 3.48. The number of hydrogen-bond acceptors (Lipinski definition) is 2. The SMILES string of the molecule is Fc1cc2c(cc1F)Oc1c(F)cccc1O2. The van der Waals surface area contributed by atoms with Gasteiger partial charge in [-0.1, -0.05) is 6.07 Å². The quantitative estimate of drug-likeness (QED) is 0.589. The van der Waals surface area contributed by atoms with Gasteiger partial charge in [-0.05, 0) is 12.1 Å². The molecule has 0 saturated carbocycles. The molecular weight excluding hydrogens is 233 g/mol. The maximum absolute atomic E-state index is 13.4. The second kappa shape index (κ2) is 3.41. The first-order chi connectivity index (χ1) is 8.15. The average Bonchev–Trinajstić information content (AvgIpc) is 2.29. The number of benzene rings is 2. The van der Waals surface area contributed by atoms with Gasteiger partial charge in [0.15, 0.2) is 34.7 Å². The minimum absolute atomic E-state index is 0.0157. The van der Waals surface area contributed by atoms with Crippen LogP contribution < -0.4 is 9.47 Å². The van der Waals surface area contributed by atoms with Gasteiger partial charge in [-0.15, -0.1) is 0 Å². The van der Waals surface area contributed by atoms with Crippen molar-refractivity contribution >= 4 is 0 Å². The molecular formula is C12H5F3O2. The Hall–Kier alpha value is -2.17. The zero-order chi connectivity index (χ0) is 12.0. The van der Waals surface area contributed by atoms with E-state index in [0.29, 0.717) is 0 Å². The molecule has 2 aromatic rings. The van der Waals surface area contributed by atoms with E-state index in [1.807, 2.05) is 0 Å². The van der Waals surface area contributed by atoms with E-state index in [9.17, 15) is 13.2 Å². The van der Waals surface area contributed by atoms with Crippen LogP contribution in [0.4, 0.5) is 13.2 Å². The number of halogens is 3. The summed E-state index contributed by atoms with van der Waals surface area (Å²) in [4.78, 5) is 0. The standard InChI is InChI=1S/C12H5F3O2/c13-6-2-1-3-9-12(6)17-11-5-8(15)7(14)4-10(11)16-9/h1-5H. The molecule has 1 heterocycles. The largest absolute Gasteiger partial charge is 0.449 e. The van der Waals surface area contributed by atoms with Crippen LogP contribution in [0.2, 0.25) is 0 Å². The molecule has 0 radical (unpaired) electrons. The summed E-state index contributed by atoms with van der Waals surface area (Å²) in [6.07, 6.45) is 0. The number of ether oxygens (including phenoxy) is 2. The van der Waals surface area contributed by atoms with E-state index in [1.54, 1.807) is 0 Å². The lowest BCUT2D eigenvalue weighted by atomic mass is 10.2. The Morgan fingerprint density at radius 3 is 2.06 bits per heavy atom. The predicted molar refractivity (Wildman–Crippen MR) is 52.9 cm³/mol. The molecule has 0 saturated heterocycles. The summed E-state index contributed by atoms with van der Waals surface area (Å²) in [5.74, 6) is -2.80. The van der Waals surface area contributed by atoms with Gasteiger partial charge in [-0.25, -0.2) is 13.2 Å². The summed E-state index contributed by atoms with van der Waals surface area (Å²) in [6.45, 7) is 0. The Morgan fingerprint density at radius 2 is 1.35 bits per heavy atom. The minimum Gasteiger partial charge on any atom is -0.449 e. The van der Waals surface area contributed by atoms with Crippen molar-refractivity contribution < 1.29 is 22.6 Å². The average molecular weight is 238 g/mol. The molecule has 0 unspecified atom stereocenters. The first-order valence-corrected chi connectivity index (χ1v) is 4.78. The van der Waals surface area contributed by atoms with Crippen molar-refractivity contribution in [3.8, 4) is 23.0 Å². The molecule has 5 heteroatoms. The highest BCUT2D eigenvalue weighted by Crippen LogP contribution is 2.46. The third-order valence-corrected chi connectivity index (χ3v) is 2.35. The Labute approximate surface area is 94.2 Å². The van der Waals surface area contributed by atoms with E-state index in [-0.39, 0.29) is 23.0 Å². The molecule has 0 N–H and O–H groups in total. The smallest absolute Gasteiger partial charge is 0.205 e. The summed E-state index contributed by atoms with van der Waals surface area (Å²) in [6, 6.07) is 5.77. The van der Waals surface area contributed by atoms with Gasteiger partial charge in [-0.2, -0.15) is 0 Å². The van der Waals surface area contributed by atoms with Gasteiger partial charge >= 0.3 is 0 Å². The van der Waals surface area contributed by atoms with E-state index in [0.717, 1.165) is 12.1 Å². The Morgan fingerprint density at radius 1 is 0.706 bits per heavy atom. The molecule has 0 aliphatic carbocycles. The highest BCUT2D eigenvalue weighted by molar-refractivity contribution is 5.54. The maximum Gasteiger partial charge on any atom is 0.205 e. The molecule has 2 aromatic carbocycles.